The van der Waals surface area contributed by atoms with Gasteiger partial charge >= 0.3 is 0 Å². The van der Waals surface area contributed by atoms with Gasteiger partial charge in [0, 0.05) is 10.8 Å². The molecule has 1 aliphatic rings. The highest BCUT2D eigenvalue weighted by molar-refractivity contribution is 8.00. The summed E-state index contributed by atoms with van der Waals surface area (Å²) in [5, 5.41) is 0. The lowest BCUT2D eigenvalue weighted by atomic mass is 9.84. The maximum absolute atomic E-state index is 5.95. The number of hydrogen-bond donors (Lipinski definition) is 1. The maximum Gasteiger partial charge on any atom is 0.0169 e. The quantitative estimate of drug-likeness (QED) is 0.694. The van der Waals surface area contributed by atoms with Crippen LogP contribution >= 0.6 is 11.8 Å². The molecule has 1 rings (SSSR count). The molecule has 2 atom stereocenters. The van der Waals surface area contributed by atoms with Crippen LogP contribution in [0, 0.1) is 0 Å². The molecule has 0 saturated heterocycles. The fraction of sp³-hybridized carbons (Fsp3) is 1.00. The van der Waals surface area contributed by atoms with Crippen molar-refractivity contribution in [3.05, 3.63) is 0 Å². The molecule has 2 heteroatoms. The minimum atomic E-state index is 0.469. The van der Waals surface area contributed by atoms with Crippen molar-refractivity contribution < 1.29 is 0 Å². The molecule has 1 aliphatic carbocycles. The van der Waals surface area contributed by atoms with Gasteiger partial charge < -0.3 is 5.73 Å². The predicted octanol–water partition coefficient (Wildman–Crippen LogP) is 2.40. The van der Waals surface area contributed by atoms with Crippen molar-refractivity contribution in [3.63, 3.8) is 0 Å². The van der Waals surface area contributed by atoms with Crippen LogP contribution in [0.1, 0.15) is 39.0 Å². The van der Waals surface area contributed by atoms with Crippen LogP contribution in [0.15, 0.2) is 0 Å². The Hall–Kier alpha value is 0.310. The molecule has 0 heterocycles. The van der Waals surface area contributed by atoms with Gasteiger partial charge in [0.05, 0.1) is 0 Å². The molecule has 1 fully saturated rings. The lowest BCUT2D eigenvalue weighted by Gasteiger charge is -2.37. The molecule has 0 radical (unpaired) electrons. The van der Waals surface area contributed by atoms with Gasteiger partial charge in [-0.25, -0.2) is 0 Å². The smallest absolute Gasteiger partial charge is 0.0169 e. The van der Waals surface area contributed by atoms with Gasteiger partial charge in [0.25, 0.3) is 0 Å². The normalized spacial score (nSPS) is 39.0. The second kappa shape index (κ2) is 3.81. The lowest BCUT2D eigenvalue weighted by molar-refractivity contribution is 0.350. The molecule has 1 nitrogen and oxygen atoms in total. The largest absolute Gasteiger partial charge is 0.328 e. The summed E-state index contributed by atoms with van der Waals surface area (Å²) >= 11 is 2.02. The molecule has 0 amide bonds. The molecule has 0 aromatic heterocycles. The molecule has 0 aliphatic heterocycles. The van der Waals surface area contributed by atoms with Crippen molar-refractivity contribution in [2.75, 3.05) is 6.26 Å². The Kier molecular flexibility index (Phi) is 3.26. The fourth-order valence-corrected chi connectivity index (χ4v) is 3.04. The standard InChI is InChI=1S/C9H19NS/c1-3-9(11-2)6-4-5-8(10)7-9/h8H,3-7,10H2,1-2H3. The molecule has 1 saturated carbocycles. The predicted molar refractivity (Wildman–Crippen MR) is 53.0 cm³/mol. The van der Waals surface area contributed by atoms with Crippen molar-refractivity contribution in [1.82, 2.24) is 0 Å². The third-order valence-electron chi connectivity index (χ3n) is 2.92. The van der Waals surface area contributed by atoms with Crippen molar-refractivity contribution in [3.8, 4) is 0 Å². The Labute approximate surface area is 74.1 Å². The average molecular weight is 173 g/mol. The first-order valence-electron chi connectivity index (χ1n) is 4.53. The molecule has 0 aromatic rings. The molecular formula is C9H19NS. The van der Waals surface area contributed by atoms with E-state index in [1.54, 1.807) is 0 Å². The molecule has 0 spiro atoms. The Bertz CT molecular complexity index is 121. The van der Waals surface area contributed by atoms with E-state index in [1.807, 2.05) is 11.8 Å². The lowest BCUT2D eigenvalue weighted by Crippen LogP contribution is -2.38. The summed E-state index contributed by atoms with van der Waals surface area (Å²) in [6.45, 7) is 2.29. The zero-order valence-electron chi connectivity index (χ0n) is 7.60. The first-order chi connectivity index (χ1) is 5.22. The SMILES string of the molecule is CCC1(SC)CCCC(N)C1. The molecule has 2 N–H and O–H groups in total. The van der Waals surface area contributed by atoms with Gasteiger partial charge in [-0.15, -0.1) is 0 Å². The fourth-order valence-electron chi connectivity index (χ4n) is 2.02. The third-order valence-corrected chi connectivity index (χ3v) is 4.44. The average Bonchev–Trinajstić information content (AvgIpc) is 2.04. The second-order valence-corrected chi connectivity index (χ2v) is 4.87. The van der Waals surface area contributed by atoms with E-state index in [4.69, 9.17) is 5.73 Å². The highest BCUT2D eigenvalue weighted by atomic mass is 32.2. The summed E-state index contributed by atoms with van der Waals surface area (Å²) in [7, 11) is 0. The van der Waals surface area contributed by atoms with Crippen LogP contribution in [0.4, 0.5) is 0 Å². The first-order valence-corrected chi connectivity index (χ1v) is 5.75. The number of nitrogens with two attached hydrogens (primary N) is 1. The summed E-state index contributed by atoms with van der Waals surface area (Å²) in [4.78, 5) is 0. The van der Waals surface area contributed by atoms with Crippen LogP contribution in [0.3, 0.4) is 0 Å². The van der Waals surface area contributed by atoms with Crippen LogP contribution in [-0.4, -0.2) is 17.0 Å². The van der Waals surface area contributed by atoms with E-state index in [0.717, 1.165) is 0 Å². The zero-order valence-corrected chi connectivity index (χ0v) is 8.41. The van der Waals surface area contributed by atoms with Crippen LogP contribution in [0.5, 0.6) is 0 Å². The Balaban J connectivity index is 2.52. The van der Waals surface area contributed by atoms with Gasteiger partial charge in [-0.1, -0.05) is 13.3 Å². The van der Waals surface area contributed by atoms with Gasteiger partial charge in [0.1, 0.15) is 0 Å². The molecular weight excluding hydrogens is 154 g/mol. The van der Waals surface area contributed by atoms with Crippen molar-refractivity contribution in [2.45, 2.75) is 49.8 Å². The van der Waals surface area contributed by atoms with Gasteiger partial charge in [-0.05, 0) is 31.9 Å². The number of rotatable bonds is 2. The third kappa shape index (κ3) is 2.12. The number of hydrogen-bond acceptors (Lipinski definition) is 2. The van der Waals surface area contributed by atoms with E-state index in [-0.39, 0.29) is 0 Å². The van der Waals surface area contributed by atoms with E-state index >= 15 is 0 Å². The second-order valence-electron chi connectivity index (χ2n) is 3.60. The van der Waals surface area contributed by atoms with E-state index in [0.29, 0.717) is 10.8 Å². The summed E-state index contributed by atoms with van der Waals surface area (Å²) < 4.78 is 0.525. The van der Waals surface area contributed by atoms with Gasteiger partial charge in [-0.2, -0.15) is 11.8 Å². The monoisotopic (exact) mass is 173 g/mol. The van der Waals surface area contributed by atoms with Gasteiger partial charge in [0.2, 0.25) is 0 Å². The highest BCUT2D eigenvalue weighted by Gasteiger charge is 2.32. The van der Waals surface area contributed by atoms with Crippen molar-refractivity contribution in [1.29, 1.82) is 0 Å². The Morgan fingerprint density at radius 1 is 1.64 bits per heavy atom. The van der Waals surface area contributed by atoms with Crippen LogP contribution in [0.2, 0.25) is 0 Å². The number of thioether (sulfide) groups is 1. The molecule has 2 unspecified atom stereocenters. The van der Waals surface area contributed by atoms with Crippen molar-refractivity contribution >= 4 is 11.8 Å². The van der Waals surface area contributed by atoms with E-state index < -0.39 is 0 Å². The molecule has 0 bridgehead atoms. The van der Waals surface area contributed by atoms with E-state index in [1.165, 1.54) is 32.1 Å². The topological polar surface area (TPSA) is 26.0 Å². The summed E-state index contributed by atoms with van der Waals surface area (Å²) in [6.07, 6.45) is 8.67. The van der Waals surface area contributed by atoms with E-state index in [9.17, 15) is 0 Å². The zero-order chi connectivity index (χ0) is 8.32. The molecule has 0 aromatic carbocycles. The minimum Gasteiger partial charge on any atom is -0.328 e. The molecule has 11 heavy (non-hydrogen) atoms. The molecule has 66 valence electrons. The van der Waals surface area contributed by atoms with Crippen LogP contribution in [-0.2, 0) is 0 Å². The summed E-state index contributed by atoms with van der Waals surface area (Å²) in [6, 6.07) is 0.469. The Morgan fingerprint density at radius 2 is 2.36 bits per heavy atom. The summed E-state index contributed by atoms with van der Waals surface area (Å²) in [5.74, 6) is 0. The first kappa shape index (κ1) is 9.40. The van der Waals surface area contributed by atoms with E-state index in [2.05, 4.69) is 13.2 Å². The summed E-state index contributed by atoms with van der Waals surface area (Å²) in [5.41, 5.74) is 5.95. The van der Waals surface area contributed by atoms with Gasteiger partial charge in [0.15, 0.2) is 0 Å². The minimum absolute atomic E-state index is 0.469. The highest BCUT2D eigenvalue weighted by Crippen LogP contribution is 2.40. The van der Waals surface area contributed by atoms with Crippen LogP contribution in [0.25, 0.3) is 0 Å². The van der Waals surface area contributed by atoms with Crippen molar-refractivity contribution in [2.24, 2.45) is 5.73 Å². The van der Waals surface area contributed by atoms with Crippen LogP contribution < -0.4 is 5.73 Å². The Morgan fingerprint density at radius 3 is 2.73 bits per heavy atom. The van der Waals surface area contributed by atoms with Gasteiger partial charge in [-0.3, -0.25) is 0 Å². The maximum atomic E-state index is 5.95.